The van der Waals surface area contributed by atoms with Gasteiger partial charge in [0.1, 0.15) is 0 Å². The zero-order valence-electron chi connectivity index (χ0n) is 10.2. The molecule has 0 bridgehead atoms. The van der Waals surface area contributed by atoms with E-state index in [-0.39, 0.29) is 12.5 Å². The van der Waals surface area contributed by atoms with Crippen LogP contribution in [-0.4, -0.2) is 22.2 Å². The summed E-state index contributed by atoms with van der Waals surface area (Å²) in [5.41, 5.74) is 2.89. The highest BCUT2D eigenvalue weighted by Gasteiger charge is 2.06. The van der Waals surface area contributed by atoms with Crippen molar-refractivity contribution in [3.8, 4) is 0 Å². The van der Waals surface area contributed by atoms with Crippen molar-refractivity contribution in [1.29, 1.82) is 0 Å². The van der Waals surface area contributed by atoms with E-state index in [0.29, 0.717) is 5.03 Å². The second kappa shape index (κ2) is 5.68. The lowest BCUT2D eigenvalue weighted by atomic mass is 10.2. The molecule has 0 radical (unpaired) electrons. The second-order valence-electron chi connectivity index (χ2n) is 3.78. The van der Waals surface area contributed by atoms with Gasteiger partial charge in [0, 0.05) is 29.4 Å². The number of carbonyl (C=O) groups excluding carboxylic acids is 1. The first-order valence-corrected chi connectivity index (χ1v) is 5.59. The molecule has 1 amide bonds. The van der Waals surface area contributed by atoms with Gasteiger partial charge in [-0.05, 0) is 19.9 Å². The van der Waals surface area contributed by atoms with Crippen LogP contribution in [0.4, 0.5) is 0 Å². The Bertz CT molecular complexity index is 474. The van der Waals surface area contributed by atoms with Crippen LogP contribution in [-0.2, 0) is 11.8 Å². The summed E-state index contributed by atoms with van der Waals surface area (Å²) in [6, 6.07) is 0. The molecule has 0 saturated carbocycles. The van der Waals surface area contributed by atoms with Gasteiger partial charge in [0.15, 0.2) is 0 Å². The lowest BCUT2D eigenvalue weighted by Gasteiger charge is -1.99. The van der Waals surface area contributed by atoms with Crippen LogP contribution in [0.2, 0.25) is 0 Å². The molecule has 0 unspecified atom stereocenters. The van der Waals surface area contributed by atoms with Gasteiger partial charge < -0.3 is 5.32 Å². The van der Waals surface area contributed by atoms with E-state index < -0.39 is 0 Å². The molecule has 5 heteroatoms. The minimum Gasteiger partial charge on any atom is -0.348 e. The van der Waals surface area contributed by atoms with E-state index in [1.165, 1.54) is 6.08 Å². The first-order chi connectivity index (χ1) is 7.91. The van der Waals surface area contributed by atoms with Gasteiger partial charge in [-0.3, -0.25) is 9.48 Å². The predicted molar refractivity (Wildman–Crippen MR) is 69.7 cm³/mol. The van der Waals surface area contributed by atoms with Gasteiger partial charge in [-0.2, -0.15) is 5.10 Å². The fourth-order valence-corrected chi connectivity index (χ4v) is 1.50. The van der Waals surface area contributed by atoms with Gasteiger partial charge in [-0.25, -0.2) is 0 Å². The Balaban J connectivity index is 2.70. The Morgan fingerprint density at radius 2 is 2.24 bits per heavy atom. The van der Waals surface area contributed by atoms with Gasteiger partial charge in [0.05, 0.1) is 12.2 Å². The molecule has 0 aliphatic heterocycles. The minimum atomic E-state index is -0.200. The molecule has 0 fully saturated rings. The van der Waals surface area contributed by atoms with Crippen molar-refractivity contribution in [2.75, 3.05) is 6.54 Å². The summed E-state index contributed by atoms with van der Waals surface area (Å²) in [7, 11) is 1.87. The Kier molecular flexibility index (Phi) is 4.52. The van der Waals surface area contributed by atoms with E-state index in [1.807, 2.05) is 20.9 Å². The molecule has 1 rings (SSSR count). The third-order valence-corrected chi connectivity index (χ3v) is 2.55. The van der Waals surface area contributed by atoms with Crippen LogP contribution >= 0.6 is 11.6 Å². The molecule has 0 saturated heterocycles. The fourth-order valence-electron chi connectivity index (χ4n) is 1.43. The smallest absolute Gasteiger partial charge is 0.244 e. The molecule has 1 heterocycles. The Morgan fingerprint density at radius 3 is 2.71 bits per heavy atom. The monoisotopic (exact) mass is 253 g/mol. The maximum absolute atomic E-state index is 11.4. The van der Waals surface area contributed by atoms with Gasteiger partial charge >= 0.3 is 0 Å². The Labute approximate surface area is 106 Å². The topological polar surface area (TPSA) is 46.9 Å². The quantitative estimate of drug-likeness (QED) is 0.834. The number of nitrogens with one attached hydrogen (secondary N) is 1. The fraction of sp³-hybridized carbons (Fsp3) is 0.333. The van der Waals surface area contributed by atoms with Crippen molar-refractivity contribution in [3.05, 3.63) is 34.6 Å². The molecule has 0 aromatic carbocycles. The number of nitrogens with zero attached hydrogens (tertiary/aromatic N) is 2. The number of aryl methyl sites for hydroxylation is 2. The third kappa shape index (κ3) is 3.75. The first kappa shape index (κ1) is 13.5. The van der Waals surface area contributed by atoms with Gasteiger partial charge in [-0.1, -0.05) is 18.2 Å². The van der Waals surface area contributed by atoms with Crippen LogP contribution in [0.5, 0.6) is 0 Å². The third-order valence-electron chi connectivity index (χ3n) is 2.42. The van der Waals surface area contributed by atoms with E-state index in [0.717, 1.165) is 17.0 Å². The van der Waals surface area contributed by atoms with Crippen LogP contribution in [0, 0.1) is 13.8 Å². The number of rotatable bonds is 4. The summed E-state index contributed by atoms with van der Waals surface area (Å²) in [5, 5.41) is 7.28. The van der Waals surface area contributed by atoms with E-state index in [4.69, 9.17) is 11.6 Å². The Morgan fingerprint density at radius 1 is 1.59 bits per heavy atom. The summed E-state index contributed by atoms with van der Waals surface area (Å²) in [6.45, 7) is 7.63. The van der Waals surface area contributed by atoms with E-state index in [1.54, 1.807) is 10.8 Å². The summed E-state index contributed by atoms with van der Waals surface area (Å²) < 4.78 is 1.79. The predicted octanol–water partition coefficient (Wildman–Crippen LogP) is 1.92. The largest absolute Gasteiger partial charge is 0.348 e. The molecular formula is C12H16ClN3O. The first-order valence-electron chi connectivity index (χ1n) is 5.21. The van der Waals surface area contributed by atoms with Gasteiger partial charge in [0.2, 0.25) is 5.91 Å². The normalized spacial score (nSPS) is 10.8. The molecule has 92 valence electrons. The van der Waals surface area contributed by atoms with E-state index in [2.05, 4.69) is 17.0 Å². The average molecular weight is 254 g/mol. The van der Waals surface area contributed by atoms with Crippen LogP contribution in [0.1, 0.15) is 17.0 Å². The molecule has 0 spiro atoms. The van der Waals surface area contributed by atoms with E-state index >= 15 is 0 Å². The molecule has 1 aromatic heterocycles. The lowest BCUT2D eigenvalue weighted by molar-refractivity contribution is -0.116. The van der Waals surface area contributed by atoms with Crippen molar-refractivity contribution in [2.24, 2.45) is 7.05 Å². The van der Waals surface area contributed by atoms with Crippen LogP contribution in [0.15, 0.2) is 17.7 Å². The SMILES string of the molecule is C=C(Cl)CNC(=O)/C=C/c1c(C)nn(C)c1C. The lowest BCUT2D eigenvalue weighted by Crippen LogP contribution is -2.21. The molecule has 0 aliphatic carbocycles. The summed E-state index contributed by atoms with van der Waals surface area (Å²) in [6.07, 6.45) is 3.22. The second-order valence-corrected chi connectivity index (χ2v) is 4.31. The molecule has 0 atom stereocenters. The molecule has 0 aliphatic rings. The van der Waals surface area contributed by atoms with Crippen LogP contribution in [0.25, 0.3) is 6.08 Å². The van der Waals surface area contributed by atoms with E-state index in [9.17, 15) is 4.79 Å². The highest BCUT2D eigenvalue weighted by Crippen LogP contribution is 2.13. The number of hydrogen-bond donors (Lipinski definition) is 1. The number of carbonyl (C=O) groups is 1. The number of hydrogen-bond acceptors (Lipinski definition) is 2. The van der Waals surface area contributed by atoms with Crippen LogP contribution < -0.4 is 5.32 Å². The Hall–Kier alpha value is -1.55. The summed E-state index contributed by atoms with van der Waals surface area (Å²) in [4.78, 5) is 11.4. The summed E-state index contributed by atoms with van der Waals surface area (Å²) in [5.74, 6) is -0.200. The standard InChI is InChI=1S/C12H16ClN3O/c1-8(13)7-14-12(17)6-5-11-9(2)15-16(4)10(11)3/h5-6H,1,7H2,2-4H3,(H,14,17)/b6-5+. The zero-order valence-corrected chi connectivity index (χ0v) is 11.0. The van der Waals surface area contributed by atoms with Gasteiger partial charge in [-0.15, -0.1) is 0 Å². The highest BCUT2D eigenvalue weighted by atomic mass is 35.5. The maximum atomic E-state index is 11.4. The minimum absolute atomic E-state index is 0.200. The molecule has 1 N–H and O–H groups in total. The molecule has 4 nitrogen and oxygen atoms in total. The molecular weight excluding hydrogens is 238 g/mol. The van der Waals surface area contributed by atoms with Crippen molar-refractivity contribution in [1.82, 2.24) is 15.1 Å². The van der Waals surface area contributed by atoms with Crippen molar-refractivity contribution >= 4 is 23.6 Å². The maximum Gasteiger partial charge on any atom is 0.244 e. The van der Waals surface area contributed by atoms with Crippen molar-refractivity contribution in [2.45, 2.75) is 13.8 Å². The summed E-state index contributed by atoms with van der Waals surface area (Å²) >= 11 is 5.55. The average Bonchev–Trinajstić information content (AvgIpc) is 2.48. The molecule has 17 heavy (non-hydrogen) atoms. The van der Waals surface area contributed by atoms with Crippen molar-refractivity contribution < 1.29 is 4.79 Å². The number of halogens is 1. The van der Waals surface area contributed by atoms with Crippen LogP contribution in [0.3, 0.4) is 0 Å². The van der Waals surface area contributed by atoms with Gasteiger partial charge in [0.25, 0.3) is 0 Å². The number of amides is 1. The number of aromatic nitrogens is 2. The zero-order chi connectivity index (χ0) is 13.0. The highest BCUT2D eigenvalue weighted by molar-refractivity contribution is 6.29. The molecule has 1 aromatic rings. The van der Waals surface area contributed by atoms with Crippen molar-refractivity contribution in [3.63, 3.8) is 0 Å².